The standard InChI is InChI=1S/C15H12N2OS/c16-9-11-7-10-3-1-6-14(10)17-15(11)19-13-5-2-4-12(18)8-13/h2,4-5,7-8,18H,1,3,6H2. The summed E-state index contributed by atoms with van der Waals surface area (Å²) in [4.78, 5) is 5.50. The Bertz CT molecular complexity index is 676. The number of aromatic hydroxyl groups is 1. The van der Waals surface area contributed by atoms with Crippen molar-refractivity contribution in [3.63, 3.8) is 0 Å². The number of hydrogen-bond donors (Lipinski definition) is 1. The third-order valence-corrected chi connectivity index (χ3v) is 4.16. The van der Waals surface area contributed by atoms with Gasteiger partial charge in [0.15, 0.2) is 0 Å². The van der Waals surface area contributed by atoms with Crippen molar-refractivity contribution < 1.29 is 5.11 Å². The molecule has 0 aliphatic heterocycles. The molecule has 3 rings (SSSR count). The zero-order valence-corrected chi connectivity index (χ0v) is 11.1. The number of aryl methyl sites for hydroxylation is 2. The highest BCUT2D eigenvalue weighted by atomic mass is 32.2. The fourth-order valence-corrected chi connectivity index (χ4v) is 3.19. The molecule has 0 bridgehead atoms. The molecule has 4 heteroatoms. The van der Waals surface area contributed by atoms with E-state index in [1.54, 1.807) is 18.2 Å². The number of phenols is 1. The Kier molecular flexibility index (Phi) is 3.14. The molecule has 0 amide bonds. The van der Waals surface area contributed by atoms with Gasteiger partial charge in [0.2, 0.25) is 0 Å². The molecule has 1 aliphatic carbocycles. The van der Waals surface area contributed by atoms with Gasteiger partial charge in [0.05, 0.1) is 5.56 Å². The maximum absolute atomic E-state index is 9.47. The van der Waals surface area contributed by atoms with Crippen molar-refractivity contribution in [1.82, 2.24) is 4.98 Å². The van der Waals surface area contributed by atoms with E-state index in [1.165, 1.54) is 17.3 Å². The topological polar surface area (TPSA) is 56.9 Å². The molecule has 19 heavy (non-hydrogen) atoms. The largest absolute Gasteiger partial charge is 0.508 e. The van der Waals surface area contributed by atoms with Gasteiger partial charge in [0, 0.05) is 10.6 Å². The average molecular weight is 268 g/mol. The van der Waals surface area contributed by atoms with Crippen LogP contribution in [0, 0.1) is 11.3 Å². The summed E-state index contributed by atoms with van der Waals surface area (Å²) >= 11 is 1.43. The molecule has 0 radical (unpaired) electrons. The van der Waals surface area contributed by atoms with Gasteiger partial charge in [-0.3, -0.25) is 0 Å². The summed E-state index contributed by atoms with van der Waals surface area (Å²) in [6.45, 7) is 0. The summed E-state index contributed by atoms with van der Waals surface area (Å²) in [7, 11) is 0. The second kappa shape index (κ2) is 4.94. The highest BCUT2D eigenvalue weighted by Crippen LogP contribution is 2.33. The maximum atomic E-state index is 9.47. The minimum Gasteiger partial charge on any atom is -0.508 e. The van der Waals surface area contributed by atoms with Gasteiger partial charge in [-0.1, -0.05) is 17.8 Å². The van der Waals surface area contributed by atoms with Crippen LogP contribution in [0.25, 0.3) is 0 Å². The van der Waals surface area contributed by atoms with E-state index in [0.29, 0.717) is 5.56 Å². The molecule has 0 unspecified atom stereocenters. The van der Waals surface area contributed by atoms with Gasteiger partial charge in [-0.2, -0.15) is 5.26 Å². The van der Waals surface area contributed by atoms with Crippen LogP contribution in [0.2, 0.25) is 0 Å². The Morgan fingerprint density at radius 1 is 1.26 bits per heavy atom. The van der Waals surface area contributed by atoms with E-state index >= 15 is 0 Å². The van der Waals surface area contributed by atoms with Gasteiger partial charge in [-0.15, -0.1) is 0 Å². The molecule has 1 N–H and O–H groups in total. The Morgan fingerprint density at radius 3 is 2.95 bits per heavy atom. The fraction of sp³-hybridized carbons (Fsp3) is 0.200. The Hall–Kier alpha value is -1.99. The number of hydrogen-bond acceptors (Lipinski definition) is 4. The SMILES string of the molecule is N#Cc1cc2c(nc1Sc1cccc(O)c1)CCC2. The molecule has 1 aromatic heterocycles. The number of nitrogens with zero attached hydrogens (tertiary/aromatic N) is 2. The smallest absolute Gasteiger partial charge is 0.119 e. The minimum absolute atomic E-state index is 0.227. The van der Waals surface area contributed by atoms with E-state index in [4.69, 9.17) is 0 Å². The Balaban J connectivity index is 1.99. The summed E-state index contributed by atoms with van der Waals surface area (Å²) in [6, 6.07) is 11.2. The van der Waals surface area contributed by atoms with Gasteiger partial charge >= 0.3 is 0 Å². The van der Waals surface area contributed by atoms with Crippen LogP contribution < -0.4 is 0 Å². The van der Waals surface area contributed by atoms with Crippen LogP contribution >= 0.6 is 11.8 Å². The monoisotopic (exact) mass is 268 g/mol. The third-order valence-electron chi connectivity index (χ3n) is 3.17. The number of pyridine rings is 1. The Labute approximate surface area is 115 Å². The molecule has 0 fully saturated rings. The molecule has 94 valence electrons. The predicted molar refractivity (Wildman–Crippen MR) is 73.2 cm³/mol. The molecule has 1 aromatic carbocycles. The molecule has 0 atom stereocenters. The number of rotatable bonds is 2. The first-order valence-electron chi connectivity index (χ1n) is 6.16. The van der Waals surface area contributed by atoms with Crippen LogP contribution in [-0.2, 0) is 12.8 Å². The molecular weight excluding hydrogens is 256 g/mol. The lowest BCUT2D eigenvalue weighted by Gasteiger charge is -2.06. The van der Waals surface area contributed by atoms with Crippen LogP contribution in [0.3, 0.4) is 0 Å². The van der Waals surface area contributed by atoms with Gasteiger partial charge in [-0.05, 0) is 49.1 Å². The zero-order chi connectivity index (χ0) is 13.2. The zero-order valence-electron chi connectivity index (χ0n) is 10.3. The van der Waals surface area contributed by atoms with E-state index in [-0.39, 0.29) is 5.75 Å². The van der Waals surface area contributed by atoms with Crippen molar-refractivity contribution >= 4 is 11.8 Å². The number of aromatic nitrogens is 1. The second-order valence-electron chi connectivity index (χ2n) is 4.51. The van der Waals surface area contributed by atoms with E-state index in [1.807, 2.05) is 12.1 Å². The van der Waals surface area contributed by atoms with Crippen LogP contribution in [0.5, 0.6) is 5.75 Å². The lowest BCUT2D eigenvalue weighted by atomic mass is 10.2. The highest BCUT2D eigenvalue weighted by Gasteiger charge is 2.17. The maximum Gasteiger partial charge on any atom is 0.119 e. The van der Waals surface area contributed by atoms with Crippen molar-refractivity contribution in [3.05, 3.63) is 47.2 Å². The molecular formula is C15H12N2OS. The van der Waals surface area contributed by atoms with Gasteiger partial charge in [-0.25, -0.2) is 4.98 Å². The first-order valence-corrected chi connectivity index (χ1v) is 6.97. The average Bonchev–Trinajstić information content (AvgIpc) is 2.85. The van der Waals surface area contributed by atoms with Gasteiger partial charge in [0.1, 0.15) is 16.8 Å². The summed E-state index contributed by atoms with van der Waals surface area (Å²) in [5.74, 6) is 0.227. The number of nitriles is 1. The van der Waals surface area contributed by atoms with Crippen LogP contribution in [0.15, 0.2) is 40.3 Å². The second-order valence-corrected chi connectivity index (χ2v) is 5.57. The predicted octanol–water partition coefficient (Wildman–Crippen LogP) is 3.30. The molecule has 0 saturated heterocycles. The first kappa shape index (κ1) is 12.1. The van der Waals surface area contributed by atoms with E-state index in [9.17, 15) is 10.4 Å². The normalized spacial score (nSPS) is 13.0. The highest BCUT2D eigenvalue weighted by molar-refractivity contribution is 7.99. The van der Waals surface area contributed by atoms with E-state index < -0.39 is 0 Å². The lowest BCUT2D eigenvalue weighted by Crippen LogP contribution is -1.94. The molecule has 1 aliphatic rings. The van der Waals surface area contributed by atoms with Gasteiger partial charge < -0.3 is 5.11 Å². The minimum atomic E-state index is 0.227. The van der Waals surface area contributed by atoms with Crippen molar-refractivity contribution in [2.75, 3.05) is 0 Å². The fourth-order valence-electron chi connectivity index (χ4n) is 2.27. The molecule has 2 aromatic rings. The van der Waals surface area contributed by atoms with Gasteiger partial charge in [0.25, 0.3) is 0 Å². The summed E-state index contributed by atoms with van der Waals surface area (Å²) in [6.07, 6.45) is 3.14. The summed E-state index contributed by atoms with van der Waals surface area (Å²) in [5, 5.41) is 19.4. The van der Waals surface area contributed by atoms with Crippen molar-refractivity contribution in [2.45, 2.75) is 29.2 Å². The quantitative estimate of drug-likeness (QED) is 0.908. The van der Waals surface area contributed by atoms with Crippen molar-refractivity contribution in [1.29, 1.82) is 5.26 Å². The summed E-state index contributed by atoms with van der Waals surface area (Å²) < 4.78 is 0. The van der Waals surface area contributed by atoms with Crippen LogP contribution in [0.1, 0.15) is 23.2 Å². The number of benzene rings is 1. The van der Waals surface area contributed by atoms with Crippen LogP contribution in [-0.4, -0.2) is 10.1 Å². The molecule has 0 spiro atoms. The third kappa shape index (κ3) is 2.42. The number of phenolic OH excluding ortho intramolecular Hbond substituents is 1. The first-order chi connectivity index (χ1) is 9.26. The molecule has 1 heterocycles. The Morgan fingerprint density at radius 2 is 2.16 bits per heavy atom. The number of fused-ring (bicyclic) bond motifs is 1. The lowest BCUT2D eigenvalue weighted by molar-refractivity contribution is 0.474. The summed E-state index contributed by atoms with van der Waals surface area (Å²) in [5.41, 5.74) is 2.94. The molecule has 3 nitrogen and oxygen atoms in total. The van der Waals surface area contributed by atoms with E-state index in [0.717, 1.165) is 34.9 Å². The van der Waals surface area contributed by atoms with Crippen LogP contribution in [0.4, 0.5) is 0 Å². The van der Waals surface area contributed by atoms with Crippen molar-refractivity contribution in [3.8, 4) is 11.8 Å². The van der Waals surface area contributed by atoms with E-state index in [2.05, 4.69) is 11.1 Å². The van der Waals surface area contributed by atoms with Crippen molar-refractivity contribution in [2.24, 2.45) is 0 Å². The molecule has 0 saturated carbocycles.